The van der Waals surface area contributed by atoms with Crippen molar-refractivity contribution in [1.29, 1.82) is 0 Å². The lowest BCUT2D eigenvalue weighted by Crippen LogP contribution is -2.08. The maximum absolute atomic E-state index is 2.53. The lowest BCUT2D eigenvalue weighted by molar-refractivity contribution is 0.593. The molecule has 28 heavy (non-hydrogen) atoms. The van der Waals surface area contributed by atoms with E-state index in [-0.39, 0.29) is 0 Å². The summed E-state index contributed by atoms with van der Waals surface area (Å²) in [5.41, 5.74) is 9.35. The van der Waals surface area contributed by atoms with Gasteiger partial charge in [-0.15, -0.1) is 0 Å². The summed E-state index contributed by atoms with van der Waals surface area (Å²) in [5, 5.41) is 1.13. The smallest absolute Gasteiger partial charge is 0.0335 e. The van der Waals surface area contributed by atoms with E-state index in [1.165, 1.54) is 51.4 Å². The quantitative estimate of drug-likeness (QED) is 0.496. The predicted octanol–water partition coefficient (Wildman–Crippen LogP) is 7.73. The Morgan fingerprint density at radius 2 is 0.964 bits per heavy atom. The summed E-state index contributed by atoms with van der Waals surface area (Å²) < 4.78 is 0. The largest absolute Gasteiger partial charge is 0.157 e. The van der Waals surface area contributed by atoms with Crippen molar-refractivity contribution in [3.05, 3.63) is 69.8 Å². The lowest BCUT2D eigenvalue weighted by Gasteiger charge is -2.24. The molecule has 0 spiro atoms. The van der Waals surface area contributed by atoms with Gasteiger partial charge in [0.2, 0.25) is 0 Å². The Kier molecular flexibility index (Phi) is 7.12. The van der Waals surface area contributed by atoms with Gasteiger partial charge in [-0.25, -0.2) is 0 Å². The van der Waals surface area contributed by atoms with Crippen molar-refractivity contribution >= 4 is 23.5 Å². The third-order valence-electron chi connectivity index (χ3n) is 6.49. The fourth-order valence-electron chi connectivity index (χ4n) is 4.95. The van der Waals surface area contributed by atoms with Crippen LogP contribution < -0.4 is 0 Å². The molecule has 0 aromatic heterocycles. The van der Waals surface area contributed by atoms with Crippen molar-refractivity contribution in [2.45, 2.75) is 74.7 Å². The van der Waals surface area contributed by atoms with Crippen molar-refractivity contribution in [1.82, 2.24) is 0 Å². The second-order valence-corrected chi connectivity index (χ2v) is 10.7. The van der Waals surface area contributed by atoms with Crippen molar-refractivity contribution < 1.29 is 0 Å². The van der Waals surface area contributed by atoms with Crippen LogP contribution in [-0.4, -0.2) is 12.5 Å². The summed E-state index contributed by atoms with van der Waals surface area (Å²) in [6.45, 7) is 0. The van der Waals surface area contributed by atoms with E-state index in [0.29, 0.717) is 10.5 Å². The zero-order valence-corrected chi connectivity index (χ0v) is 19.1. The monoisotopic (exact) mass is 410 g/mol. The van der Waals surface area contributed by atoms with Gasteiger partial charge in [0.1, 0.15) is 0 Å². The van der Waals surface area contributed by atoms with E-state index in [4.69, 9.17) is 0 Å². The zero-order chi connectivity index (χ0) is 19.3. The van der Waals surface area contributed by atoms with E-state index in [0.717, 1.165) is 12.8 Å². The maximum Gasteiger partial charge on any atom is 0.0335 e. The molecule has 2 aromatic rings. The second-order valence-electron chi connectivity index (χ2n) is 8.64. The first kappa shape index (κ1) is 20.4. The number of hydrogen-bond acceptors (Lipinski definition) is 2. The minimum absolute atomic E-state index is 0.565. The second kappa shape index (κ2) is 9.76. The van der Waals surface area contributed by atoms with E-state index < -0.39 is 0 Å². The standard InChI is InChI=1S/C26H34S2/c1-27-25-16-21-11-19-9-7-5-3-4-6-8-10-20-14-23(25)18-24(15-20)26(28-2)17-22(12-19)13-21/h11-15,18,25-26H,3-10,16-17H2,1-2H3. The molecule has 0 saturated heterocycles. The molecule has 0 nitrogen and oxygen atoms in total. The first-order chi connectivity index (χ1) is 13.7. The van der Waals surface area contributed by atoms with Crippen molar-refractivity contribution in [2.24, 2.45) is 0 Å². The molecule has 6 bridgehead atoms. The molecule has 2 aromatic carbocycles. The molecule has 150 valence electrons. The van der Waals surface area contributed by atoms with E-state index in [2.05, 4.69) is 48.9 Å². The molecule has 0 aliphatic heterocycles. The highest BCUT2D eigenvalue weighted by atomic mass is 32.2. The van der Waals surface area contributed by atoms with Crippen molar-refractivity contribution in [3.63, 3.8) is 0 Å². The fraction of sp³-hybridized carbons (Fsp3) is 0.538. The summed E-state index contributed by atoms with van der Waals surface area (Å²) in [7, 11) is 0. The van der Waals surface area contributed by atoms with Gasteiger partial charge in [0.05, 0.1) is 0 Å². The van der Waals surface area contributed by atoms with Gasteiger partial charge in [0, 0.05) is 10.5 Å². The first-order valence-corrected chi connectivity index (χ1v) is 13.6. The Balaban J connectivity index is 1.81. The Morgan fingerprint density at radius 3 is 1.46 bits per heavy atom. The average molecular weight is 411 g/mol. The number of aryl methyl sites for hydroxylation is 2. The number of fused-ring (bicyclic) bond motifs is 9. The van der Waals surface area contributed by atoms with Crippen LogP contribution in [0.5, 0.6) is 0 Å². The Labute approximate surface area is 180 Å². The molecule has 0 saturated carbocycles. The van der Waals surface area contributed by atoms with Gasteiger partial charge in [-0.1, -0.05) is 62.1 Å². The molecule has 0 fully saturated rings. The number of hydrogen-bond donors (Lipinski definition) is 0. The van der Waals surface area contributed by atoms with Crippen LogP contribution in [0.25, 0.3) is 0 Å². The highest BCUT2D eigenvalue weighted by molar-refractivity contribution is 7.99. The van der Waals surface area contributed by atoms with Gasteiger partial charge in [-0.2, -0.15) is 23.5 Å². The fourth-order valence-corrected chi connectivity index (χ4v) is 6.48. The minimum atomic E-state index is 0.565. The summed E-state index contributed by atoms with van der Waals surface area (Å²) in [6.07, 6.45) is 17.7. The lowest BCUT2D eigenvalue weighted by atomic mass is 9.89. The van der Waals surface area contributed by atoms with Gasteiger partial charge >= 0.3 is 0 Å². The average Bonchev–Trinajstić information content (AvgIpc) is 2.70. The molecule has 2 heteroatoms. The highest BCUT2D eigenvalue weighted by Gasteiger charge is 2.20. The van der Waals surface area contributed by atoms with Crippen LogP contribution in [-0.2, 0) is 25.7 Å². The molecule has 0 amide bonds. The zero-order valence-electron chi connectivity index (χ0n) is 17.5. The van der Waals surface area contributed by atoms with Crippen molar-refractivity contribution in [3.8, 4) is 0 Å². The third-order valence-corrected chi connectivity index (χ3v) is 8.50. The summed E-state index contributed by atoms with van der Waals surface area (Å²) in [5.74, 6) is 0. The molecule has 3 aliphatic carbocycles. The minimum Gasteiger partial charge on any atom is -0.157 e. The van der Waals surface area contributed by atoms with Crippen LogP contribution in [0.2, 0.25) is 0 Å². The molecular formula is C26H34S2. The maximum atomic E-state index is 2.53. The number of benzene rings is 2. The van der Waals surface area contributed by atoms with E-state index in [1.54, 1.807) is 33.4 Å². The number of thioether (sulfide) groups is 2. The van der Waals surface area contributed by atoms with E-state index in [9.17, 15) is 0 Å². The molecule has 2 atom stereocenters. The molecule has 3 aliphatic rings. The Hall–Kier alpha value is -0.860. The van der Waals surface area contributed by atoms with Crippen LogP contribution in [0.3, 0.4) is 0 Å². The van der Waals surface area contributed by atoms with Crippen LogP contribution in [0.4, 0.5) is 0 Å². The van der Waals surface area contributed by atoms with Crippen LogP contribution >= 0.6 is 23.5 Å². The topological polar surface area (TPSA) is 0 Å². The van der Waals surface area contributed by atoms with Gasteiger partial charge in [-0.3, -0.25) is 0 Å². The molecular weight excluding hydrogens is 376 g/mol. The van der Waals surface area contributed by atoms with Gasteiger partial charge in [-0.05, 0) is 84.4 Å². The molecule has 0 radical (unpaired) electrons. The molecule has 2 unspecified atom stereocenters. The third kappa shape index (κ3) is 5.00. The SMILES string of the molecule is CSC1Cc2cc3cc(c2)CC(SC)c2cc(cc1c2)CCCCCCCC3. The Morgan fingerprint density at radius 1 is 0.536 bits per heavy atom. The molecule has 5 rings (SSSR count). The van der Waals surface area contributed by atoms with Crippen LogP contribution in [0.15, 0.2) is 36.4 Å². The summed E-state index contributed by atoms with van der Waals surface area (Å²) in [6, 6.07) is 15.1. The summed E-state index contributed by atoms with van der Waals surface area (Å²) in [4.78, 5) is 0. The van der Waals surface area contributed by atoms with Crippen molar-refractivity contribution in [2.75, 3.05) is 12.5 Å². The predicted molar refractivity (Wildman–Crippen MR) is 128 cm³/mol. The Bertz CT molecular complexity index is 745. The van der Waals surface area contributed by atoms with E-state index >= 15 is 0 Å². The molecule has 0 N–H and O–H groups in total. The van der Waals surface area contributed by atoms with Gasteiger partial charge < -0.3 is 0 Å². The van der Waals surface area contributed by atoms with Gasteiger partial charge in [0.25, 0.3) is 0 Å². The molecule has 0 heterocycles. The first-order valence-electron chi connectivity index (χ1n) is 11.1. The highest BCUT2D eigenvalue weighted by Crippen LogP contribution is 2.39. The van der Waals surface area contributed by atoms with E-state index in [1.807, 2.05) is 23.5 Å². The summed E-state index contributed by atoms with van der Waals surface area (Å²) >= 11 is 4.05. The normalized spacial score (nSPS) is 22.9. The van der Waals surface area contributed by atoms with Crippen LogP contribution in [0.1, 0.15) is 82.4 Å². The van der Waals surface area contributed by atoms with Crippen LogP contribution in [0, 0.1) is 0 Å². The van der Waals surface area contributed by atoms with Gasteiger partial charge in [0.15, 0.2) is 0 Å². The number of rotatable bonds is 2.